The van der Waals surface area contributed by atoms with Gasteiger partial charge in [0.15, 0.2) is 0 Å². The minimum atomic E-state index is -3.70. The molecule has 8 heteroatoms. The van der Waals surface area contributed by atoms with Gasteiger partial charge in [0, 0.05) is 29.3 Å². The molecule has 0 bridgehead atoms. The first-order valence-electron chi connectivity index (χ1n) is 8.65. The number of hydrogen-bond donors (Lipinski definition) is 2. The molecule has 1 fully saturated rings. The van der Waals surface area contributed by atoms with Gasteiger partial charge in [0.05, 0.1) is 11.0 Å². The fourth-order valence-corrected chi connectivity index (χ4v) is 4.37. The van der Waals surface area contributed by atoms with Crippen LogP contribution >= 0.6 is 11.8 Å². The van der Waals surface area contributed by atoms with Crippen LogP contribution in [0.15, 0.2) is 58.3 Å². The molecular formula is C19H22N2O4S2. The maximum Gasteiger partial charge on any atom is 0.255 e. The number of ether oxygens (including phenoxy) is 1. The van der Waals surface area contributed by atoms with Gasteiger partial charge in [0.1, 0.15) is 0 Å². The number of carbonyl (C=O) groups is 1. The Bertz CT molecular complexity index is 909. The molecule has 3 rings (SSSR count). The molecule has 6 nitrogen and oxygen atoms in total. The minimum Gasteiger partial charge on any atom is -0.377 e. The van der Waals surface area contributed by atoms with Crippen molar-refractivity contribution in [3.8, 4) is 0 Å². The summed E-state index contributed by atoms with van der Waals surface area (Å²) in [5, 5.41) is 2.80. The van der Waals surface area contributed by atoms with Crippen LogP contribution in [0.4, 0.5) is 5.69 Å². The van der Waals surface area contributed by atoms with Crippen LogP contribution in [-0.2, 0) is 14.8 Å². The zero-order valence-electron chi connectivity index (χ0n) is 15.0. The van der Waals surface area contributed by atoms with Gasteiger partial charge in [0.25, 0.3) is 5.91 Å². The average Bonchev–Trinajstić information content (AvgIpc) is 3.20. The summed E-state index contributed by atoms with van der Waals surface area (Å²) in [6, 6.07) is 13.5. The molecule has 1 unspecified atom stereocenters. The van der Waals surface area contributed by atoms with Crippen LogP contribution in [0, 0.1) is 0 Å². The van der Waals surface area contributed by atoms with Crippen LogP contribution in [-0.4, -0.2) is 39.8 Å². The number of sulfonamides is 1. The summed E-state index contributed by atoms with van der Waals surface area (Å²) in [7, 11) is -3.70. The fourth-order valence-electron chi connectivity index (χ4n) is 2.80. The van der Waals surface area contributed by atoms with Crippen LogP contribution in [0.3, 0.4) is 0 Å². The van der Waals surface area contributed by atoms with E-state index in [0.717, 1.165) is 17.7 Å². The monoisotopic (exact) mass is 406 g/mol. The minimum absolute atomic E-state index is 0.0611. The molecule has 144 valence electrons. The lowest BCUT2D eigenvalue weighted by molar-refractivity contribution is 0.102. The quantitative estimate of drug-likeness (QED) is 0.690. The zero-order chi connectivity index (χ0) is 19.3. The molecule has 0 aliphatic carbocycles. The van der Waals surface area contributed by atoms with E-state index in [1.807, 2.05) is 24.5 Å². The molecule has 1 saturated heterocycles. The van der Waals surface area contributed by atoms with Crippen molar-refractivity contribution in [3.05, 3.63) is 54.1 Å². The van der Waals surface area contributed by atoms with E-state index in [0.29, 0.717) is 12.3 Å². The van der Waals surface area contributed by atoms with E-state index in [4.69, 9.17) is 4.74 Å². The Balaban J connectivity index is 1.70. The second kappa shape index (κ2) is 8.88. The van der Waals surface area contributed by atoms with Crippen molar-refractivity contribution in [3.63, 3.8) is 0 Å². The molecule has 2 N–H and O–H groups in total. The molecule has 1 aliphatic rings. The van der Waals surface area contributed by atoms with E-state index in [-0.39, 0.29) is 29.0 Å². The summed E-state index contributed by atoms with van der Waals surface area (Å²) in [5.41, 5.74) is 0.946. The Morgan fingerprint density at radius 3 is 2.78 bits per heavy atom. The van der Waals surface area contributed by atoms with Crippen LogP contribution in [0.25, 0.3) is 0 Å². The maximum absolute atomic E-state index is 12.5. The largest absolute Gasteiger partial charge is 0.377 e. The lowest BCUT2D eigenvalue weighted by atomic mass is 10.2. The molecule has 0 saturated carbocycles. The second-order valence-electron chi connectivity index (χ2n) is 6.20. The van der Waals surface area contributed by atoms with Gasteiger partial charge in [-0.15, -0.1) is 11.8 Å². The predicted molar refractivity (Wildman–Crippen MR) is 107 cm³/mol. The van der Waals surface area contributed by atoms with Gasteiger partial charge < -0.3 is 10.1 Å². The van der Waals surface area contributed by atoms with Crippen molar-refractivity contribution in [2.24, 2.45) is 0 Å². The highest BCUT2D eigenvalue weighted by molar-refractivity contribution is 7.98. The molecule has 2 aromatic carbocycles. The number of benzene rings is 2. The van der Waals surface area contributed by atoms with Gasteiger partial charge in [-0.25, -0.2) is 13.1 Å². The smallest absolute Gasteiger partial charge is 0.255 e. The third kappa shape index (κ3) is 5.32. The zero-order valence-corrected chi connectivity index (χ0v) is 16.6. The maximum atomic E-state index is 12.5. The van der Waals surface area contributed by atoms with E-state index in [2.05, 4.69) is 10.0 Å². The predicted octanol–water partition coefficient (Wildman–Crippen LogP) is 3.12. The normalized spacial score (nSPS) is 17.0. The molecule has 2 aromatic rings. The van der Waals surface area contributed by atoms with Gasteiger partial charge in [-0.1, -0.05) is 12.1 Å². The van der Waals surface area contributed by atoms with Crippen molar-refractivity contribution in [2.45, 2.75) is 28.7 Å². The second-order valence-corrected chi connectivity index (χ2v) is 8.85. The summed E-state index contributed by atoms with van der Waals surface area (Å²) in [5.74, 6) is -0.357. The summed E-state index contributed by atoms with van der Waals surface area (Å²) in [4.78, 5) is 13.6. The third-order valence-corrected chi connectivity index (χ3v) is 6.41. The molecular weight excluding hydrogens is 384 g/mol. The number of thioether (sulfide) groups is 1. The topological polar surface area (TPSA) is 84.5 Å². The van der Waals surface area contributed by atoms with Gasteiger partial charge in [-0.3, -0.25) is 4.79 Å². The molecule has 1 amide bonds. The molecule has 1 aliphatic heterocycles. The van der Waals surface area contributed by atoms with Crippen LogP contribution in [0.2, 0.25) is 0 Å². The average molecular weight is 407 g/mol. The molecule has 1 heterocycles. The van der Waals surface area contributed by atoms with Crippen LogP contribution in [0.1, 0.15) is 23.2 Å². The van der Waals surface area contributed by atoms with E-state index >= 15 is 0 Å². The van der Waals surface area contributed by atoms with Gasteiger partial charge >= 0.3 is 0 Å². The number of hydrogen-bond acceptors (Lipinski definition) is 5. The highest BCUT2D eigenvalue weighted by atomic mass is 32.2. The number of nitrogens with one attached hydrogen (secondary N) is 2. The lowest BCUT2D eigenvalue weighted by Crippen LogP contribution is -2.32. The number of rotatable bonds is 7. The highest BCUT2D eigenvalue weighted by Gasteiger charge is 2.21. The summed E-state index contributed by atoms with van der Waals surface area (Å²) < 4.78 is 33.0. The first-order chi connectivity index (χ1) is 13.0. The molecule has 1 atom stereocenters. The van der Waals surface area contributed by atoms with Gasteiger partial charge in [0.2, 0.25) is 10.0 Å². The number of anilines is 1. The van der Waals surface area contributed by atoms with E-state index < -0.39 is 10.0 Å². The van der Waals surface area contributed by atoms with Crippen LogP contribution < -0.4 is 10.0 Å². The Morgan fingerprint density at radius 1 is 1.22 bits per heavy atom. The SMILES string of the molecule is CSc1cccc(NC(=O)c2cccc(S(=O)(=O)NCC3CCCO3)c2)c1. The van der Waals surface area contributed by atoms with E-state index in [1.165, 1.54) is 12.1 Å². The van der Waals surface area contributed by atoms with Crippen LogP contribution in [0.5, 0.6) is 0 Å². The molecule has 0 radical (unpaired) electrons. The van der Waals surface area contributed by atoms with Crippen molar-refractivity contribution in [2.75, 3.05) is 24.7 Å². The van der Waals surface area contributed by atoms with Gasteiger partial charge in [-0.05, 0) is 55.5 Å². The van der Waals surface area contributed by atoms with Gasteiger partial charge in [-0.2, -0.15) is 0 Å². The first-order valence-corrected chi connectivity index (χ1v) is 11.4. The Morgan fingerprint density at radius 2 is 2.04 bits per heavy atom. The first kappa shape index (κ1) is 19.9. The summed E-state index contributed by atoms with van der Waals surface area (Å²) in [6.07, 6.45) is 3.66. The fraction of sp³-hybridized carbons (Fsp3) is 0.316. The van der Waals surface area contributed by atoms with E-state index in [1.54, 1.807) is 30.0 Å². The highest BCUT2D eigenvalue weighted by Crippen LogP contribution is 2.20. The Kier molecular flexibility index (Phi) is 6.54. The van der Waals surface area contributed by atoms with Crippen molar-refractivity contribution in [1.29, 1.82) is 0 Å². The number of amides is 1. The summed E-state index contributed by atoms with van der Waals surface area (Å²) >= 11 is 1.58. The standard InChI is InChI=1S/C19H22N2O4S2/c1-26-17-8-3-6-15(12-17)21-19(22)14-5-2-9-18(11-14)27(23,24)20-13-16-7-4-10-25-16/h2-3,5-6,8-9,11-12,16,20H,4,7,10,13H2,1H3,(H,21,22). The van der Waals surface area contributed by atoms with Crippen molar-refractivity contribution >= 4 is 33.4 Å². The van der Waals surface area contributed by atoms with Crippen molar-refractivity contribution in [1.82, 2.24) is 4.72 Å². The Hall–Kier alpha value is -1.87. The van der Waals surface area contributed by atoms with Crippen molar-refractivity contribution < 1.29 is 17.9 Å². The lowest BCUT2D eigenvalue weighted by Gasteiger charge is -2.12. The molecule has 0 aromatic heterocycles. The Labute approximate surface area is 163 Å². The molecule has 0 spiro atoms. The summed E-state index contributed by atoms with van der Waals surface area (Å²) in [6.45, 7) is 0.903. The third-order valence-electron chi connectivity index (χ3n) is 4.26. The molecule has 27 heavy (non-hydrogen) atoms. The van der Waals surface area contributed by atoms with E-state index in [9.17, 15) is 13.2 Å². The number of carbonyl (C=O) groups excluding carboxylic acids is 1.